The van der Waals surface area contributed by atoms with E-state index in [2.05, 4.69) is 6.92 Å². The van der Waals surface area contributed by atoms with E-state index in [9.17, 15) is 34.8 Å². The number of hydrogen-bond donors (Lipinski definition) is 5. The number of unbranched alkanes of at least 4 members (excludes halogenated alkanes) is 1. The van der Waals surface area contributed by atoms with E-state index in [-0.39, 0.29) is 29.7 Å². The number of rotatable bonds is 4. The van der Waals surface area contributed by atoms with Crippen LogP contribution in [0.4, 0.5) is 0 Å². The van der Waals surface area contributed by atoms with Crippen molar-refractivity contribution in [3.8, 4) is 5.75 Å². The summed E-state index contributed by atoms with van der Waals surface area (Å²) in [6.07, 6.45) is 2.88. The van der Waals surface area contributed by atoms with Crippen molar-refractivity contribution in [3.63, 3.8) is 0 Å². The van der Waals surface area contributed by atoms with Crippen molar-refractivity contribution in [1.82, 2.24) is 0 Å². The molecule has 0 saturated carbocycles. The van der Waals surface area contributed by atoms with Gasteiger partial charge in [0.2, 0.25) is 5.78 Å². The van der Waals surface area contributed by atoms with Crippen molar-refractivity contribution in [3.05, 3.63) is 51.5 Å². The summed E-state index contributed by atoms with van der Waals surface area (Å²) in [4.78, 5) is 37.9. The van der Waals surface area contributed by atoms with Gasteiger partial charge in [-0.2, -0.15) is 0 Å². The summed E-state index contributed by atoms with van der Waals surface area (Å²) in [5.74, 6) is -6.04. The Kier molecular flexibility index (Phi) is 4.93. The first-order valence-corrected chi connectivity index (χ1v) is 10.4. The maximum absolute atomic E-state index is 13.4. The fourth-order valence-corrected chi connectivity index (χ4v) is 5.28. The third kappa shape index (κ3) is 2.89. The predicted octanol–water partition coefficient (Wildman–Crippen LogP) is 1.92. The number of primary amides is 1. The lowest BCUT2D eigenvalue weighted by molar-refractivity contribution is -0.144. The monoisotopic (exact) mass is 427 g/mol. The van der Waals surface area contributed by atoms with Gasteiger partial charge in [-0.3, -0.25) is 14.4 Å². The number of aliphatic hydroxyl groups excluding tert-OH is 2. The molecule has 0 fully saturated rings. The first-order chi connectivity index (χ1) is 14.6. The summed E-state index contributed by atoms with van der Waals surface area (Å²) in [5.41, 5.74) is 3.50. The van der Waals surface area contributed by atoms with E-state index in [4.69, 9.17) is 5.73 Å². The van der Waals surface area contributed by atoms with E-state index >= 15 is 0 Å². The number of fused-ring (bicyclic) bond motifs is 3. The molecule has 1 amide bonds. The van der Waals surface area contributed by atoms with Crippen molar-refractivity contribution in [1.29, 1.82) is 0 Å². The van der Waals surface area contributed by atoms with Gasteiger partial charge in [0.1, 0.15) is 22.8 Å². The Bertz CT molecular complexity index is 1080. The third-order valence-corrected chi connectivity index (χ3v) is 6.84. The maximum Gasteiger partial charge on any atom is 0.255 e. The van der Waals surface area contributed by atoms with Gasteiger partial charge in [0.25, 0.3) is 5.91 Å². The quantitative estimate of drug-likeness (QED) is 0.459. The Morgan fingerprint density at radius 1 is 1.19 bits per heavy atom. The zero-order valence-electron chi connectivity index (χ0n) is 17.1. The second-order valence-corrected chi connectivity index (χ2v) is 8.61. The molecule has 8 heteroatoms. The van der Waals surface area contributed by atoms with Crippen LogP contribution in [0.2, 0.25) is 0 Å². The van der Waals surface area contributed by atoms with E-state index in [0.717, 1.165) is 24.8 Å². The highest BCUT2D eigenvalue weighted by molar-refractivity contribution is 6.24. The number of Topliss-reactive ketones (excluding diaryl/α,β-unsaturated/α-hetero) is 2. The number of carbonyl (C=O) groups excluding carboxylic acids is 3. The molecule has 3 atom stereocenters. The number of aromatic hydroxyl groups is 1. The molecule has 0 aromatic heterocycles. The van der Waals surface area contributed by atoms with Gasteiger partial charge in [-0.05, 0) is 48.8 Å². The SMILES string of the molecule is CCCCc1ccc(O)c2c1C[C@H]1C[C@H]3CC(O)=C(C(N)=O)C(=O)[C@@]3(O)C(O)=C1C2=O. The predicted molar refractivity (Wildman–Crippen MR) is 109 cm³/mol. The van der Waals surface area contributed by atoms with Crippen LogP contribution in [0.3, 0.4) is 0 Å². The summed E-state index contributed by atoms with van der Waals surface area (Å²) in [6, 6.07) is 3.24. The molecular weight excluding hydrogens is 402 g/mol. The molecule has 0 radical (unpaired) electrons. The average molecular weight is 427 g/mol. The highest BCUT2D eigenvalue weighted by Gasteiger charge is 2.59. The van der Waals surface area contributed by atoms with Crippen LogP contribution in [-0.4, -0.2) is 43.5 Å². The number of phenols is 1. The molecule has 164 valence electrons. The molecule has 1 aromatic carbocycles. The summed E-state index contributed by atoms with van der Waals surface area (Å²) >= 11 is 0. The van der Waals surface area contributed by atoms with Crippen LogP contribution in [-0.2, 0) is 22.4 Å². The first kappa shape index (κ1) is 21.1. The molecular formula is C23H25NO7. The second kappa shape index (κ2) is 7.23. The van der Waals surface area contributed by atoms with Crippen molar-refractivity contribution < 1.29 is 34.8 Å². The highest BCUT2D eigenvalue weighted by atomic mass is 16.3. The van der Waals surface area contributed by atoms with E-state index in [1.165, 1.54) is 6.07 Å². The Hall–Kier alpha value is -3.13. The molecule has 0 heterocycles. The fraction of sp³-hybridized carbons (Fsp3) is 0.435. The molecule has 0 bridgehead atoms. The van der Waals surface area contributed by atoms with Crippen LogP contribution in [0.5, 0.6) is 5.75 Å². The van der Waals surface area contributed by atoms with Gasteiger partial charge in [0.15, 0.2) is 11.4 Å². The zero-order chi connectivity index (χ0) is 22.7. The van der Waals surface area contributed by atoms with E-state index in [0.29, 0.717) is 12.0 Å². The van der Waals surface area contributed by atoms with Crippen LogP contribution < -0.4 is 5.73 Å². The number of amides is 1. The lowest BCUT2D eigenvalue weighted by atomic mass is 9.60. The molecule has 3 aliphatic rings. The van der Waals surface area contributed by atoms with Gasteiger partial charge in [-0.1, -0.05) is 19.4 Å². The number of ketones is 2. The summed E-state index contributed by atoms with van der Waals surface area (Å²) < 4.78 is 0. The number of aliphatic hydroxyl groups is 3. The normalized spacial score (nSPS) is 27.7. The molecule has 0 unspecified atom stereocenters. The van der Waals surface area contributed by atoms with Gasteiger partial charge >= 0.3 is 0 Å². The zero-order valence-corrected chi connectivity index (χ0v) is 17.1. The fourth-order valence-electron chi connectivity index (χ4n) is 5.28. The summed E-state index contributed by atoms with van der Waals surface area (Å²) in [5, 5.41) is 42.7. The molecule has 0 saturated heterocycles. The molecule has 3 aliphatic carbocycles. The molecule has 31 heavy (non-hydrogen) atoms. The lowest BCUT2D eigenvalue weighted by Crippen LogP contribution is -2.57. The van der Waals surface area contributed by atoms with Gasteiger partial charge in [0.05, 0.1) is 5.56 Å². The topological polar surface area (TPSA) is 158 Å². The van der Waals surface area contributed by atoms with Gasteiger partial charge < -0.3 is 26.2 Å². The van der Waals surface area contributed by atoms with E-state index in [1.54, 1.807) is 6.07 Å². The Morgan fingerprint density at radius 3 is 2.55 bits per heavy atom. The lowest BCUT2D eigenvalue weighted by Gasteiger charge is -2.45. The van der Waals surface area contributed by atoms with Crippen LogP contribution in [0.25, 0.3) is 0 Å². The molecule has 1 aromatic rings. The summed E-state index contributed by atoms with van der Waals surface area (Å²) in [7, 11) is 0. The molecule has 6 N–H and O–H groups in total. The number of hydrogen-bond acceptors (Lipinski definition) is 7. The summed E-state index contributed by atoms with van der Waals surface area (Å²) in [6.45, 7) is 2.05. The van der Waals surface area contributed by atoms with Crippen molar-refractivity contribution >= 4 is 17.5 Å². The first-order valence-electron chi connectivity index (χ1n) is 10.4. The number of allylic oxidation sites excluding steroid dienone is 2. The standard InChI is InChI=1S/C23H25NO7/c1-2-3-4-10-5-6-14(25)17-13(10)8-11-7-12-9-15(26)18(22(24)30)21(29)23(12,31)20(28)16(11)19(17)27/h5-6,11-12,25-26,28,31H,2-4,7-9H2,1H3,(H2,24,30)/t11-,12+,23+/m1/s1. The molecule has 4 rings (SSSR count). The largest absolute Gasteiger partial charge is 0.511 e. The number of benzene rings is 1. The van der Waals surface area contributed by atoms with Crippen LogP contribution in [0, 0.1) is 11.8 Å². The van der Waals surface area contributed by atoms with Crippen molar-refractivity contribution in [2.75, 3.05) is 0 Å². The molecule has 0 spiro atoms. The Balaban J connectivity index is 1.87. The van der Waals surface area contributed by atoms with Crippen molar-refractivity contribution in [2.45, 2.75) is 51.0 Å². The third-order valence-electron chi connectivity index (χ3n) is 6.84. The molecule has 0 aliphatic heterocycles. The van der Waals surface area contributed by atoms with Gasteiger partial charge in [0, 0.05) is 17.9 Å². The smallest absolute Gasteiger partial charge is 0.255 e. The maximum atomic E-state index is 13.4. The molecule has 8 nitrogen and oxygen atoms in total. The minimum absolute atomic E-state index is 0.0743. The highest BCUT2D eigenvalue weighted by Crippen LogP contribution is 2.51. The number of carbonyl (C=O) groups is 3. The second-order valence-electron chi connectivity index (χ2n) is 8.61. The Morgan fingerprint density at radius 2 is 1.90 bits per heavy atom. The minimum Gasteiger partial charge on any atom is -0.511 e. The number of phenolic OH excluding ortho intramolecular Hbond substituents is 1. The van der Waals surface area contributed by atoms with E-state index in [1.807, 2.05) is 0 Å². The number of aryl methyl sites for hydroxylation is 1. The number of nitrogens with two attached hydrogens (primary N) is 1. The van der Waals surface area contributed by atoms with E-state index < -0.39 is 52.0 Å². The Labute approximate surface area is 178 Å². The van der Waals surface area contributed by atoms with Crippen LogP contribution in [0.15, 0.2) is 34.8 Å². The minimum atomic E-state index is -2.52. The average Bonchev–Trinajstić information content (AvgIpc) is 2.70. The van der Waals surface area contributed by atoms with Crippen LogP contribution in [0.1, 0.15) is 54.1 Å². The van der Waals surface area contributed by atoms with Gasteiger partial charge in [-0.25, -0.2) is 0 Å². The van der Waals surface area contributed by atoms with Crippen LogP contribution >= 0.6 is 0 Å². The van der Waals surface area contributed by atoms with Crippen molar-refractivity contribution in [2.24, 2.45) is 17.6 Å². The van der Waals surface area contributed by atoms with Gasteiger partial charge in [-0.15, -0.1) is 0 Å².